The van der Waals surface area contributed by atoms with Crippen LogP contribution in [0.4, 0.5) is 10.5 Å². The number of hydrogen-bond donors (Lipinski definition) is 2. The molecule has 0 bridgehead atoms. The van der Waals surface area contributed by atoms with Gasteiger partial charge in [-0.05, 0) is 54.9 Å². The third-order valence-electron chi connectivity index (χ3n) is 5.11. The molecule has 1 saturated heterocycles. The van der Waals surface area contributed by atoms with Crippen LogP contribution in [0, 0.1) is 0 Å². The number of carbonyl (C=O) groups is 2. The van der Waals surface area contributed by atoms with Crippen LogP contribution in [0.5, 0.6) is 5.75 Å². The molecule has 0 aliphatic carbocycles. The van der Waals surface area contributed by atoms with Gasteiger partial charge in [0.05, 0.1) is 20.3 Å². The summed E-state index contributed by atoms with van der Waals surface area (Å²) in [5.41, 5.74) is 7.90. The largest absolute Gasteiger partial charge is 0.497 e. The molecule has 1 fully saturated rings. The third-order valence-corrected chi connectivity index (χ3v) is 5.11. The highest BCUT2D eigenvalue weighted by Crippen LogP contribution is 2.17. The summed E-state index contributed by atoms with van der Waals surface area (Å²) in [6, 6.07) is 14.5. The Morgan fingerprint density at radius 1 is 1.16 bits per heavy atom. The second-order valence-electron chi connectivity index (χ2n) is 7.33. The number of rotatable bonds is 8. The smallest absolute Gasteiger partial charge is 0.321 e. The summed E-state index contributed by atoms with van der Waals surface area (Å²) >= 11 is 0. The molecule has 0 unspecified atom stereocenters. The lowest BCUT2D eigenvalue weighted by molar-refractivity contribution is 0.0564. The van der Waals surface area contributed by atoms with E-state index in [4.69, 9.17) is 15.2 Å². The Hall–Kier alpha value is -3.10. The molecule has 31 heavy (non-hydrogen) atoms. The fourth-order valence-electron chi connectivity index (χ4n) is 3.39. The van der Waals surface area contributed by atoms with E-state index in [1.54, 1.807) is 41.2 Å². The molecule has 1 aliphatic rings. The van der Waals surface area contributed by atoms with Gasteiger partial charge in [0, 0.05) is 37.4 Å². The van der Waals surface area contributed by atoms with Gasteiger partial charge < -0.3 is 30.3 Å². The summed E-state index contributed by atoms with van der Waals surface area (Å²) < 4.78 is 10.5. The maximum absolute atomic E-state index is 13.1. The number of nitrogens with zero attached hydrogens (tertiary/aromatic N) is 2. The van der Waals surface area contributed by atoms with Gasteiger partial charge >= 0.3 is 6.03 Å². The molecular formula is C23H30N4O4. The average molecular weight is 427 g/mol. The normalized spacial score (nSPS) is 13.5. The molecule has 0 atom stereocenters. The molecule has 8 nitrogen and oxygen atoms in total. The van der Waals surface area contributed by atoms with Crippen molar-refractivity contribution in [1.82, 2.24) is 9.80 Å². The van der Waals surface area contributed by atoms with Gasteiger partial charge in [-0.25, -0.2) is 4.79 Å². The minimum Gasteiger partial charge on any atom is -0.497 e. The molecule has 3 rings (SSSR count). The molecular weight excluding hydrogens is 396 g/mol. The van der Waals surface area contributed by atoms with E-state index in [0.29, 0.717) is 69.4 Å². The predicted molar refractivity (Wildman–Crippen MR) is 119 cm³/mol. The number of anilines is 1. The Morgan fingerprint density at radius 2 is 1.90 bits per heavy atom. The zero-order chi connectivity index (χ0) is 22.1. The molecule has 166 valence electrons. The number of benzene rings is 2. The van der Waals surface area contributed by atoms with Gasteiger partial charge in [-0.1, -0.05) is 12.1 Å². The van der Waals surface area contributed by atoms with Crippen LogP contribution in [0.2, 0.25) is 0 Å². The SMILES string of the molecule is COc1ccc(C(=O)N(CCCN)Cc2cccc(NC(=O)N3CCOCC3)c2)cc1. The van der Waals surface area contributed by atoms with Gasteiger partial charge in [0.2, 0.25) is 0 Å². The van der Waals surface area contributed by atoms with Crippen LogP contribution < -0.4 is 15.8 Å². The first-order valence-corrected chi connectivity index (χ1v) is 10.5. The van der Waals surface area contributed by atoms with Gasteiger partial charge in [-0.2, -0.15) is 0 Å². The zero-order valence-electron chi connectivity index (χ0n) is 17.9. The summed E-state index contributed by atoms with van der Waals surface area (Å²) in [6.07, 6.45) is 0.704. The molecule has 3 amide bonds. The third kappa shape index (κ3) is 6.44. The van der Waals surface area contributed by atoms with Crippen LogP contribution in [-0.2, 0) is 11.3 Å². The van der Waals surface area contributed by atoms with Crippen LogP contribution in [-0.4, -0.2) is 68.2 Å². The van der Waals surface area contributed by atoms with Crippen molar-refractivity contribution in [3.05, 3.63) is 59.7 Å². The lowest BCUT2D eigenvalue weighted by atomic mass is 10.1. The minimum absolute atomic E-state index is 0.0705. The van der Waals surface area contributed by atoms with E-state index in [0.717, 1.165) is 5.56 Å². The first-order chi connectivity index (χ1) is 15.1. The predicted octanol–water partition coefficient (Wildman–Crippen LogP) is 2.55. The number of amides is 3. The summed E-state index contributed by atoms with van der Waals surface area (Å²) in [4.78, 5) is 29.0. The molecule has 0 spiro atoms. The fraction of sp³-hybridized carbons (Fsp3) is 0.391. The number of morpholine rings is 1. The maximum Gasteiger partial charge on any atom is 0.321 e. The Kier molecular flexibility index (Phi) is 8.26. The van der Waals surface area contributed by atoms with Crippen molar-refractivity contribution in [3.8, 4) is 5.75 Å². The molecule has 0 radical (unpaired) electrons. The summed E-state index contributed by atoms with van der Waals surface area (Å²) in [5, 5.41) is 2.94. The fourth-order valence-corrected chi connectivity index (χ4v) is 3.39. The molecule has 2 aromatic carbocycles. The van der Waals surface area contributed by atoms with Crippen molar-refractivity contribution >= 4 is 17.6 Å². The standard InChI is InChI=1S/C23H30N4O4/c1-30-21-8-6-19(7-9-21)22(28)27(11-3-10-24)17-18-4-2-5-20(16-18)25-23(29)26-12-14-31-15-13-26/h2,4-9,16H,3,10-15,17,24H2,1H3,(H,25,29). The van der Waals surface area contributed by atoms with Gasteiger partial charge in [0.1, 0.15) is 5.75 Å². The molecule has 3 N–H and O–H groups in total. The van der Waals surface area contributed by atoms with Crippen molar-refractivity contribution in [3.63, 3.8) is 0 Å². The number of methoxy groups -OCH3 is 1. The Bertz CT molecular complexity index is 866. The van der Waals surface area contributed by atoms with Crippen molar-refractivity contribution in [2.75, 3.05) is 51.8 Å². The quantitative estimate of drug-likeness (QED) is 0.676. The van der Waals surface area contributed by atoms with Gasteiger partial charge in [0.15, 0.2) is 0 Å². The average Bonchev–Trinajstić information content (AvgIpc) is 2.82. The number of nitrogens with two attached hydrogens (primary N) is 1. The van der Waals surface area contributed by atoms with Crippen LogP contribution in [0.1, 0.15) is 22.3 Å². The van der Waals surface area contributed by atoms with Gasteiger partial charge in [0.25, 0.3) is 5.91 Å². The van der Waals surface area contributed by atoms with Crippen LogP contribution in [0.15, 0.2) is 48.5 Å². The molecule has 8 heteroatoms. The Labute approximate surface area is 182 Å². The van der Waals surface area contributed by atoms with E-state index in [9.17, 15) is 9.59 Å². The van der Waals surface area contributed by atoms with Crippen molar-refractivity contribution in [2.24, 2.45) is 5.73 Å². The number of ether oxygens (including phenoxy) is 2. The monoisotopic (exact) mass is 426 g/mol. The number of carbonyl (C=O) groups excluding carboxylic acids is 2. The van der Waals surface area contributed by atoms with E-state index >= 15 is 0 Å². The van der Waals surface area contributed by atoms with Crippen LogP contribution >= 0.6 is 0 Å². The lowest BCUT2D eigenvalue weighted by Gasteiger charge is -2.27. The van der Waals surface area contributed by atoms with Crippen molar-refractivity contribution in [2.45, 2.75) is 13.0 Å². The highest BCUT2D eigenvalue weighted by Gasteiger charge is 2.18. The van der Waals surface area contributed by atoms with E-state index < -0.39 is 0 Å². The van der Waals surface area contributed by atoms with Crippen LogP contribution in [0.3, 0.4) is 0 Å². The number of hydrogen-bond acceptors (Lipinski definition) is 5. The minimum atomic E-state index is -0.144. The Morgan fingerprint density at radius 3 is 2.58 bits per heavy atom. The second-order valence-corrected chi connectivity index (χ2v) is 7.33. The summed E-state index contributed by atoms with van der Waals surface area (Å²) in [7, 11) is 1.59. The zero-order valence-corrected chi connectivity index (χ0v) is 17.9. The van der Waals surface area contributed by atoms with Gasteiger partial charge in [-0.3, -0.25) is 4.79 Å². The highest BCUT2D eigenvalue weighted by atomic mass is 16.5. The molecule has 2 aromatic rings. The molecule has 1 heterocycles. The van der Waals surface area contributed by atoms with E-state index in [1.807, 2.05) is 24.3 Å². The molecule has 0 saturated carbocycles. The lowest BCUT2D eigenvalue weighted by Crippen LogP contribution is -2.43. The van der Waals surface area contributed by atoms with Gasteiger partial charge in [-0.15, -0.1) is 0 Å². The first kappa shape index (κ1) is 22.6. The number of urea groups is 1. The Balaban J connectivity index is 1.69. The van der Waals surface area contributed by atoms with Crippen molar-refractivity contribution < 1.29 is 19.1 Å². The topological polar surface area (TPSA) is 97.1 Å². The van der Waals surface area contributed by atoms with E-state index in [1.165, 1.54) is 0 Å². The molecule has 1 aliphatic heterocycles. The molecule has 0 aromatic heterocycles. The highest BCUT2D eigenvalue weighted by molar-refractivity contribution is 5.94. The van der Waals surface area contributed by atoms with E-state index in [2.05, 4.69) is 5.32 Å². The maximum atomic E-state index is 13.1. The number of nitrogens with one attached hydrogen (secondary N) is 1. The second kappa shape index (κ2) is 11.3. The van der Waals surface area contributed by atoms with Crippen LogP contribution in [0.25, 0.3) is 0 Å². The summed E-state index contributed by atoms with van der Waals surface area (Å²) in [5.74, 6) is 0.632. The van der Waals surface area contributed by atoms with Crippen molar-refractivity contribution in [1.29, 1.82) is 0 Å². The summed E-state index contributed by atoms with van der Waals surface area (Å²) in [6.45, 7) is 3.73. The first-order valence-electron chi connectivity index (χ1n) is 10.5. The van der Waals surface area contributed by atoms with E-state index in [-0.39, 0.29) is 11.9 Å².